The first-order valence-corrected chi connectivity index (χ1v) is 11.7. The Morgan fingerprint density at radius 1 is 1.06 bits per heavy atom. The van der Waals surface area contributed by atoms with Crippen LogP contribution < -0.4 is 10.0 Å². The monoisotopic (exact) mass is 470 g/mol. The summed E-state index contributed by atoms with van der Waals surface area (Å²) in [6.07, 6.45) is -3.53. The quantitative estimate of drug-likeness (QED) is 0.519. The second kappa shape index (κ2) is 9.21. The van der Waals surface area contributed by atoms with Crippen molar-refractivity contribution in [2.24, 2.45) is 0 Å². The predicted molar refractivity (Wildman–Crippen MR) is 113 cm³/mol. The van der Waals surface area contributed by atoms with E-state index < -0.39 is 34.1 Å². The number of carbonyl (C=O) groups is 1. The van der Waals surface area contributed by atoms with Crippen LogP contribution in [-0.4, -0.2) is 31.6 Å². The van der Waals surface area contributed by atoms with E-state index >= 15 is 0 Å². The van der Waals surface area contributed by atoms with Gasteiger partial charge >= 0.3 is 6.18 Å². The highest BCUT2D eigenvalue weighted by Gasteiger charge is 2.54. The molecule has 2 aromatic rings. The van der Waals surface area contributed by atoms with E-state index in [1.807, 2.05) is 0 Å². The van der Waals surface area contributed by atoms with Crippen molar-refractivity contribution in [2.45, 2.75) is 61.7 Å². The van der Waals surface area contributed by atoms with Gasteiger partial charge in [-0.05, 0) is 54.7 Å². The zero-order valence-corrected chi connectivity index (χ0v) is 18.3. The molecule has 0 radical (unpaired) electrons. The van der Waals surface area contributed by atoms with Gasteiger partial charge in [0.15, 0.2) is 5.60 Å². The van der Waals surface area contributed by atoms with Crippen LogP contribution in [0, 0.1) is 0 Å². The van der Waals surface area contributed by atoms with Gasteiger partial charge in [-0.2, -0.15) is 13.2 Å². The van der Waals surface area contributed by atoms with Crippen molar-refractivity contribution in [1.29, 1.82) is 0 Å². The first-order chi connectivity index (χ1) is 14.9. The molecule has 1 fully saturated rings. The van der Waals surface area contributed by atoms with Gasteiger partial charge in [0.1, 0.15) is 0 Å². The summed E-state index contributed by atoms with van der Waals surface area (Å²) in [5.41, 5.74) is -2.37. The van der Waals surface area contributed by atoms with Crippen LogP contribution in [0.4, 0.5) is 18.9 Å². The lowest BCUT2D eigenvalue weighted by Gasteiger charge is -2.30. The van der Waals surface area contributed by atoms with Gasteiger partial charge in [-0.25, -0.2) is 13.1 Å². The van der Waals surface area contributed by atoms with Crippen LogP contribution in [-0.2, 0) is 26.8 Å². The first-order valence-electron chi connectivity index (χ1n) is 10.3. The molecule has 174 valence electrons. The van der Waals surface area contributed by atoms with Gasteiger partial charge in [-0.1, -0.05) is 37.6 Å². The molecule has 1 amide bonds. The molecule has 0 bridgehead atoms. The minimum Gasteiger partial charge on any atom is -0.376 e. The number of halogens is 3. The molecule has 3 rings (SSSR count). The minimum absolute atomic E-state index is 0.00839. The largest absolute Gasteiger partial charge is 0.421 e. The second-order valence-electron chi connectivity index (χ2n) is 7.95. The highest BCUT2D eigenvalue weighted by molar-refractivity contribution is 7.89. The summed E-state index contributed by atoms with van der Waals surface area (Å²) >= 11 is 0. The van der Waals surface area contributed by atoms with E-state index in [4.69, 9.17) is 0 Å². The molecule has 0 spiro atoms. The van der Waals surface area contributed by atoms with Gasteiger partial charge in [-0.15, -0.1) is 0 Å². The number of nitrogens with one attached hydrogen (secondary N) is 2. The molecule has 3 N–H and O–H groups in total. The maximum absolute atomic E-state index is 13.3. The Labute approximate surface area is 184 Å². The lowest BCUT2D eigenvalue weighted by Crippen LogP contribution is -2.42. The predicted octanol–water partition coefficient (Wildman–Crippen LogP) is 3.86. The number of hydrogen-bond donors (Lipinski definition) is 3. The number of rotatable bonds is 9. The molecule has 1 atom stereocenters. The van der Waals surface area contributed by atoms with E-state index in [1.54, 1.807) is 19.1 Å². The van der Waals surface area contributed by atoms with Crippen LogP contribution in [0.3, 0.4) is 0 Å². The molecule has 2 aromatic carbocycles. The molecule has 0 heterocycles. The summed E-state index contributed by atoms with van der Waals surface area (Å²) in [4.78, 5) is 12.4. The Hall–Kier alpha value is -2.43. The summed E-state index contributed by atoms with van der Waals surface area (Å²) in [7, 11) is -3.57. The average molecular weight is 471 g/mol. The lowest BCUT2D eigenvalue weighted by atomic mass is 9.88. The summed E-state index contributed by atoms with van der Waals surface area (Å²) < 4.78 is 66.9. The third-order valence-electron chi connectivity index (χ3n) is 5.22. The minimum atomic E-state index is -4.82. The highest BCUT2D eigenvalue weighted by Crippen LogP contribution is 2.42. The summed E-state index contributed by atoms with van der Waals surface area (Å²) in [5.74, 6) is -0.413. The van der Waals surface area contributed by atoms with E-state index in [9.17, 15) is 31.5 Å². The van der Waals surface area contributed by atoms with Gasteiger partial charge in [0.25, 0.3) is 0 Å². The standard InChI is InChI=1S/C22H25F3N2O4S/c1-2-13-21(29,22(23,24)25)16-5-7-17(8-6-16)26-20(28)14-15-3-11-19(12-4-15)32(30,31)27-18-9-10-18/h3-8,11-12,18,27,29H,2,9-10,13-14H2,1H3,(H,26,28). The maximum Gasteiger partial charge on any atom is 0.421 e. The molecule has 1 unspecified atom stereocenters. The van der Waals surface area contributed by atoms with Gasteiger partial charge in [-0.3, -0.25) is 4.79 Å². The first kappa shape index (κ1) is 24.2. The van der Waals surface area contributed by atoms with E-state index in [0.29, 0.717) is 5.56 Å². The summed E-state index contributed by atoms with van der Waals surface area (Å²) in [6.45, 7) is 1.55. The number of hydrogen-bond acceptors (Lipinski definition) is 4. The fraction of sp³-hybridized carbons (Fsp3) is 0.409. The zero-order chi connectivity index (χ0) is 23.6. The van der Waals surface area contributed by atoms with Crippen molar-refractivity contribution in [3.8, 4) is 0 Å². The summed E-state index contributed by atoms with van der Waals surface area (Å²) in [5, 5.41) is 12.7. The molecule has 0 saturated heterocycles. The molecular weight excluding hydrogens is 445 g/mol. The molecular formula is C22H25F3N2O4S. The molecule has 1 aliphatic rings. The second-order valence-corrected chi connectivity index (χ2v) is 9.66. The van der Waals surface area contributed by atoms with Crippen molar-refractivity contribution < 1.29 is 31.5 Å². The third kappa shape index (κ3) is 5.67. The number of carbonyl (C=O) groups excluding carboxylic acids is 1. The van der Waals surface area contributed by atoms with E-state index in [2.05, 4.69) is 10.0 Å². The Morgan fingerprint density at radius 3 is 2.16 bits per heavy atom. The van der Waals surface area contributed by atoms with Gasteiger partial charge < -0.3 is 10.4 Å². The van der Waals surface area contributed by atoms with Crippen LogP contribution >= 0.6 is 0 Å². The van der Waals surface area contributed by atoms with Gasteiger partial charge in [0.2, 0.25) is 15.9 Å². The fourth-order valence-electron chi connectivity index (χ4n) is 3.31. The smallest absolute Gasteiger partial charge is 0.376 e. The van der Waals surface area contributed by atoms with Crippen LogP contribution in [0.2, 0.25) is 0 Å². The lowest BCUT2D eigenvalue weighted by molar-refractivity contribution is -0.269. The van der Waals surface area contributed by atoms with Crippen molar-refractivity contribution >= 4 is 21.6 Å². The third-order valence-corrected chi connectivity index (χ3v) is 6.76. The Bertz CT molecular complexity index is 1050. The molecule has 1 aliphatic carbocycles. The van der Waals surface area contributed by atoms with Crippen LogP contribution in [0.5, 0.6) is 0 Å². The fourth-order valence-corrected chi connectivity index (χ4v) is 4.61. The van der Waals surface area contributed by atoms with Crippen molar-refractivity contribution in [3.05, 3.63) is 59.7 Å². The Morgan fingerprint density at radius 2 is 1.66 bits per heavy atom. The van der Waals surface area contributed by atoms with Crippen molar-refractivity contribution in [1.82, 2.24) is 4.72 Å². The SMILES string of the molecule is CCCC(O)(c1ccc(NC(=O)Cc2ccc(S(=O)(=O)NC3CC3)cc2)cc1)C(F)(F)F. The Balaban J connectivity index is 1.62. The zero-order valence-electron chi connectivity index (χ0n) is 17.4. The number of amides is 1. The van der Waals surface area contributed by atoms with E-state index in [-0.39, 0.29) is 35.0 Å². The molecule has 0 aromatic heterocycles. The number of anilines is 1. The van der Waals surface area contributed by atoms with Crippen LogP contribution in [0.1, 0.15) is 43.7 Å². The van der Waals surface area contributed by atoms with Crippen LogP contribution in [0.25, 0.3) is 0 Å². The summed E-state index contributed by atoms with van der Waals surface area (Å²) in [6, 6.07) is 10.8. The topological polar surface area (TPSA) is 95.5 Å². The highest BCUT2D eigenvalue weighted by atomic mass is 32.2. The van der Waals surface area contributed by atoms with Crippen molar-refractivity contribution in [3.63, 3.8) is 0 Å². The molecule has 32 heavy (non-hydrogen) atoms. The maximum atomic E-state index is 13.3. The van der Waals surface area contributed by atoms with E-state index in [1.165, 1.54) is 24.3 Å². The van der Waals surface area contributed by atoms with Gasteiger partial charge in [0, 0.05) is 11.7 Å². The number of benzene rings is 2. The number of aliphatic hydroxyl groups is 1. The molecule has 1 saturated carbocycles. The van der Waals surface area contributed by atoms with E-state index in [0.717, 1.165) is 25.0 Å². The number of alkyl halides is 3. The van der Waals surface area contributed by atoms with Gasteiger partial charge in [0.05, 0.1) is 11.3 Å². The normalized spacial score (nSPS) is 16.4. The average Bonchev–Trinajstić information content (AvgIpc) is 3.51. The van der Waals surface area contributed by atoms with Crippen LogP contribution in [0.15, 0.2) is 53.4 Å². The molecule has 0 aliphatic heterocycles. The number of sulfonamides is 1. The molecule has 6 nitrogen and oxygen atoms in total. The van der Waals surface area contributed by atoms with Crippen molar-refractivity contribution in [2.75, 3.05) is 5.32 Å². The Kier molecular flexibility index (Phi) is 6.97. The molecule has 10 heteroatoms.